The molecule has 1 aromatic heterocycles. The number of pyridine rings is 1. The Bertz CT molecular complexity index is 478. The van der Waals surface area contributed by atoms with Gasteiger partial charge in [-0.1, -0.05) is 0 Å². The van der Waals surface area contributed by atoms with Crippen molar-refractivity contribution in [3.05, 3.63) is 22.3 Å². The molecule has 5 nitrogen and oxygen atoms in total. The van der Waals surface area contributed by atoms with Crippen molar-refractivity contribution in [1.82, 2.24) is 10.3 Å². The van der Waals surface area contributed by atoms with Crippen LogP contribution >= 0.6 is 15.9 Å². The number of rotatable bonds is 4. The van der Waals surface area contributed by atoms with Gasteiger partial charge in [0.2, 0.25) is 5.88 Å². The molecule has 0 saturated carbocycles. The van der Waals surface area contributed by atoms with Crippen molar-refractivity contribution < 1.29 is 23.0 Å². The maximum atomic E-state index is 12.2. The number of carbonyl (C=O) groups excluding carboxylic acids is 1. The highest BCUT2D eigenvalue weighted by molar-refractivity contribution is 9.10. The standard InChI is InChI=1S/C12H15BrF2N2O3/c1-12(2,3)20-11(18)17-5-7-4-8(13)6-16-9(7)19-10(14)15/h4,6,10H,5H2,1-3H3,(H,17,18). The van der Waals surface area contributed by atoms with Gasteiger partial charge in [-0.25, -0.2) is 9.78 Å². The van der Waals surface area contributed by atoms with Gasteiger partial charge in [0.1, 0.15) is 5.60 Å². The van der Waals surface area contributed by atoms with Crippen LogP contribution < -0.4 is 10.1 Å². The molecule has 0 aliphatic rings. The van der Waals surface area contributed by atoms with Crippen LogP contribution in [-0.4, -0.2) is 23.3 Å². The zero-order chi connectivity index (χ0) is 15.3. The van der Waals surface area contributed by atoms with Gasteiger partial charge in [0.15, 0.2) is 0 Å². The minimum absolute atomic E-state index is 0.0383. The van der Waals surface area contributed by atoms with Crippen LogP contribution in [0.4, 0.5) is 13.6 Å². The molecule has 1 rings (SSSR count). The number of hydrogen-bond acceptors (Lipinski definition) is 4. The Morgan fingerprint density at radius 1 is 1.50 bits per heavy atom. The molecule has 8 heteroatoms. The van der Waals surface area contributed by atoms with E-state index in [4.69, 9.17) is 4.74 Å². The summed E-state index contributed by atoms with van der Waals surface area (Å²) in [6, 6.07) is 1.53. The predicted octanol–water partition coefficient (Wildman–Crippen LogP) is 3.47. The number of halogens is 3. The van der Waals surface area contributed by atoms with Crippen molar-refractivity contribution in [3.63, 3.8) is 0 Å². The van der Waals surface area contributed by atoms with Gasteiger partial charge < -0.3 is 14.8 Å². The van der Waals surface area contributed by atoms with E-state index in [1.54, 1.807) is 20.8 Å². The molecule has 1 N–H and O–H groups in total. The molecule has 0 fully saturated rings. The lowest BCUT2D eigenvalue weighted by molar-refractivity contribution is -0.0535. The zero-order valence-electron chi connectivity index (χ0n) is 11.2. The van der Waals surface area contributed by atoms with Gasteiger partial charge in [0.25, 0.3) is 0 Å². The summed E-state index contributed by atoms with van der Waals surface area (Å²) in [6.07, 6.45) is 0.676. The molecule has 0 aliphatic carbocycles. The van der Waals surface area contributed by atoms with Crippen molar-refractivity contribution >= 4 is 22.0 Å². The first-order valence-electron chi connectivity index (χ1n) is 5.73. The van der Waals surface area contributed by atoms with Gasteiger partial charge >= 0.3 is 12.7 Å². The van der Waals surface area contributed by atoms with E-state index in [0.29, 0.717) is 10.0 Å². The highest BCUT2D eigenvalue weighted by Gasteiger charge is 2.17. The SMILES string of the molecule is CC(C)(C)OC(=O)NCc1cc(Br)cnc1OC(F)F. The molecule has 1 heterocycles. The smallest absolute Gasteiger partial charge is 0.407 e. The molecule has 0 saturated heterocycles. The third-order valence-corrected chi connectivity index (χ3v) is 2.35. The van der Waals surface area contributed by atoms with Crippen LogP contribution in [0.3, 0.4) is 0 Å². The Morgan fingerprint density at radius 2 is 2.15 bits per heavy atom. The van der Waals surface area contributed by atoms with E-state index >= 15 is 0 Å². The second kappa shape index (κ2) is 6.83. The third kappa shape index (κ3) is 6.14. The van der Waals surface area contributed by atoms with Gasteiger partial charge in [-0.3, -0.25) is 0 Å². The average Bonchev–Trinajstić information content (AvgIpc) is 2.26. The first kappa shape index (κ1) is 16.6. The van der Waals surface area contributed by atoms with Crippen molar-refractivity contribution in [3.8, 4) is 5.88 Å². The Labute approximate surface area is 123 Å². The fourth-order valence-corrected chi connectivity index (χ4v) is 1.65. The number of ether oxygens (including phenoxy) is 2. The topological polar surface area (TPSA) is 60.5 Å². The first-order chi connectivity index (χ1) is 9.17. The van der Waals surface area contributed by atoms with Crippen LogP contribution in [-0.2, 0) is 11.3 Å². The molecular formula is C12H15BrF2N2O3. The number of amides is 1. The van der Waals surface area contributed by atoms with Crippen molar-refractivity contribution in [1.29, 1.82) is 0 Å². The summed E-state index contributed by atoms with van der Waals surface area (Å²) in [5, 5.41) is 2.45. The number of alkyl halides is 2. The van der Waals surface area contributed by atoms with Gasteiger partial charge in [-0.05, 0) is 42.8 Å². The molecule has 0 aliphatic heterocycles. The highest BCUT2D eigenvalue weighted by Crippen LogP contribution is 2.21. The highest BCUT2D eigenvalue weighted by atomic mass is 79.9. The summed E-state index contributed by atoms with van der Waals surface area (Å²) in [7, 11) is 0. The van der Waals surface area contributed by atoms with Gasteiger partial charge in [0, 0.05) is 16.2 Å². The van der Waals surface area contributed by atoms with E-state index in [0.717, 1.165) is 0 Å². The molecule has 0 bridgehead atoms. The largest absolute Gasteiger partial charge is 0.444 e. The normalized spacial score (nSPS) is 11.3. The van der Waals surface area contributed by atoms with Gasteiger partial charge in [-0.2, -0.15) is 8.78 Å². The minimum atomic E-state index is -2.98. The molecule has 0 radical (unpaired) electrons. The quantitative estimate of drug-likeness (QED) is 0.901. The summed E-state index contributed by atoms with van der Waals surface area (Å²) in [4.78, 5) is 15.2. The number of nitrogens with one attached hydrogen (secondary N) is 1. The van der Waals surface area contributed by atoms with Crippen molar-refractivity contribution in [2.24, 2.45) is 0 Å². The van der Waals surface area contributed by atoms with E-state index in [-0.39, 0.29) is 12.4 Å². The first-order valence-corrected chi connectivity index (χ1v) is 6.53. The van der Waals surface area contributed by atoms with Crippen molar-refractivity contribution in [2.75, 3.05) is 0 Å². The van der Waals surface area contributed by atoms with E-state index in [2.05, 4.69) is 31.0 Å². The average molecular weight is 353 g/mol. The summed E-state index contributed by atoms with van der Waals surface area (Å²) in [5.41, 5.74) is -0.326. The molecule has 0 spiro atoms. The molecule has 1 aromatic rings. The lowest BCUT2D eigenvalue weighted by Gasteiger charge is -2.20. The molecule has 112 valence electrons. The Morgan fingerprint density at radius 3 is 2.70 bits per heavy atom. The second-order valence-corrected chi connectivity index (χ2v) is 5.77. The molecule has 0 atom stereocenters. The van der Waals surface area contributed by atoms with Crippen LogP contribution in [0.15, 0.2) is 16.7 Å². The van der Waals surface area contributed by atoms with E-state index in [1.807, 2.05) is 0 Å². The number of nitrogens with zero attached hydrogens (tertiary/aromatic N) is 1. The number of aromatic nitrogens is 1. The molecule has 0 unspecified atom stereocenters. The third-order valence-electron chi connectivity index (χ3n) is 1.91. The van der Waals surface area contributed by atoms with E-state index < -0.39 is 18.3 Å². The zero-order valence-corrected chi connectivity index (χ0v) is 12.8. The van der Waals surface area contributed by atoms with E-state index in [1.165, 1.54) is 12.3 Å². The summed E-state index contributed by atoms with van der Waals surface area (Å²) in [5.74, 6) is -0.237. The molecular weight excluding hydrogens is 338 g/mol. The number of hydrogen-bond donors (Lipinski definition) is 1. The molecule has 1 amide bonds. The fourth-order valence-electron chi connectivity index (χ4n) is 1.27. The van der Waals surface area contributed by atoms with Gasteiger partial charge in [-0.15, -0.1) is 0 Å². The minimum Gasteiger partial charge on any atom is -0.444 e. The van der Waals surface area contributed by atoms with Crippen LogP contribution in [0, 0.1) is 0 Å². The monoisotopic (exact) mass is 352 g/mol. The number of carbonyl (C=O) groups is 1. The second-order valence-electron chi connectivity index (χ2n) is 4.85. The Hall–Kier alpha value is -1.44. The summed E-state index contributed by atoms with van der Waals surface area (Å²) >= 11 is 3.17. The molecule has 0 aromatic carbocycles. The van der Waals surface area contributed by atoms with E-state index in [9.17, 15) is 13.6 Å². The maximum Gasteiger partial charge on any atom is 0.407 e. The Balaban J connectivity index is 2.71. The van der Waals surface area contributed by atoms with Crippen LogP contribution in [0.25, 0.3) is 0 Å². The lowest BCUT2D eigenvalue weighted by Crippen LogP contribution is -2.32. The predicted molar refractivity (Wildman–Crippen MR) is 71.6 cm³/mol. The fraction of sp³-hybridized carbons (Fsp3) is 0.500. The number of alkyl carbamates (subject to hydrolysis) is 1. The van der Waals surface area contributed by atoms with Crippen LogP contribution in [0.5, 0.6) is 5.88 Å². The summed E-state index contributed by atoms with van der Waals surface area (Å²) < 4.78 is 34.4. The summed E-state index contributed by atoms with van der Waals surface area (Å²) in [6.45, 7) is 2.14. The lowest BCUT2D eigenvalue weighted by atomic mass is 10.2. The van der Waals surface area contributed by atoms with Crippen LogP contribution in [0.2, 0.25) is 0 Å². The van der Waals surface area contributed by atoms with Gasteiger partial charge in [0.05, 0.1) is 6.54 Å². The van der Waals surface area contributed by atoms with Crippen molar-refractivity contribution in [2.45, 2.75) is 39.5 Å². The van der Waals surface area contributed by atoms with Crippen LogP contribution in [0.1, 0.15) is 26.3 Å². The Kier molecular flexibility index (Phi) is 5.67. The maximum absolute atomic E-state index is 12.2. The molecule has 20 heavy (non-hydrogen) atoms.